The van der Waals surface area contributed by atoms with Crippen LogP contribution in [0.3, 0.4) is 0 Å². The van der Waals surface area contributed by atoms with Gasteiger partial charge in [0.15, 0.2) is 0 Å². The molecule has 0 radical (unpaired) electrons. The second-order valence-electron chi connectivity index (χ2n) is 4.98. The number of nitrogens with zero attached hydrogens (tertiary/aromatic N) is 1. The quantitative estimate of drug-likeness (QED) is 0.862. The lowest BCUT2D eigenvalue weighted by molar-refractivity contribution is 0.101. The van der Waals surface area contributed by atoms with Gasteiger partial charge in [-0.1, -0.05) is 27.5 Å². The monoisotopic (exact) mass is 368 g/mol. The van der Waals surface area contributed by atoms with Crippen LogP contribution in [0.25, 0.3) is 0 Å². The predicted molar refractivity (Wildman–Crippen MR) is 86.4 cm³/mol. The highest BCUT2D eigenvalue weighted by Gasteiger charge is 2.28. The van der Waals surface area contributed by atoms with E-state index in [1.54, 1.807) is 19.2 Å². The van der Waals surface area contributed by atoms with E-state index in [2.05, 4.69) is 21.2 Å². The second-order valence-corrected chi connectivity index (χ2v) is 6.33. The van der Waals surface area contributed by atoms with E-state index in [4.69, 9.17) is 16.3 Å². The Morgan fingerprint density at radius 2 is 2.19 bits per heavy atom. The summed E-state index contributed by atoms with van der Waals surface area (Å²) in [6.07, 6.45) is 3.99. The van der Waals surface area contributed by atoms with Crippen LogP contribution in [0.15, 0.2) is 34.9 Å². The molecule has 1 aliphatic rings. The summed E-state index contributed by atoms with van der Waals surface area (Å²) in [5, 5.41) is 3.46. The zero-order valence-corrected chi connectivity index (χ0v) is 13.7. The molecule has 110 valence electrons. The third-order valence-electron chi connectivity index (χ3n) is 3.40. The Morgan fingerprint density at radius 3 is 2.86 bits per heavy atom. The van der Waals surface area contributed by atoms with Crippen molar-refractivity contribution in [2.24, 2.45) is 0 Å². The van der Waals surface area contributed by atoms with Crippen molar-refractivity contribution in [1.29, 1.82) is 0 Å². The number of carbonyl (C=O) groups is 1. The van der Waals surface area contributed by atoms with Gasteiger partial charge in [-0.3, -0.25) is 4.79 Å². The molecular formula is C15H14BrClN2O2. The summed E-state index contributed by atoms with van der Waals surface area (Å²) >= 11 is 9.43. The molecule has 0 atom stereocenters. The Kier molecular flexibility index (Phi) is 3.95. The van der Waals surface area contributed by atoms with Crippen molar-refractivity contribution in [3.8, 4) is 5.75 Å². The van der Waals surface area contributed by atoms with Crippen molar-refractivity contribution in [2.45, 2.75) is 18.9 Å². The van der Waals surface area contributed by atoms with Gasteiger partial charge in [0.2, 0.25) is 0 Å². The zero-order chi connectivity index (χ0) is 15.0. The van der Waals surface area contributed by atoms with Crippen LogP contribution in [0.5, 0.6) is 5.75 Å². The van der Waals surface area contributed by atoms with Crippen LogP contribution in [0.2, 0.25) is 5.02 Å². The van der Waals surface area contributed by atoms with Crippen LogP contribution < -0.4 is 10.1 Å². The Bertz CT molecular complexity index is 695. The van der Waals surface area contributed by atoms with Crippen LogP contribution in [0.4, 0.5) is 5.69 Å². The first-order valence-electron chi connectivity index (χ1n) is 6.61. The molecule has 1 saturated carbocycles. The Balaban J connectivity index is 1.88. The standard InChI is InChI=1S/C15H14BrClN2O2/c1-21-14-5-2-9(16)6-12(14)18-15(20)13-7-10(17)8-19(13)11-3-4-11/h2,5-8,11H,3-4H2,1H3,(H,18,20). The normalized spacial score (nSPS) is 14.0. The first-order valence-corrected chi connectivity index (χ1v) is 7.78. The molecule has 1 heterocycles. The number of rotatable bonds is 4. The fourth-order valence-electron chi connectivity index (χ4n) is 2.25. The summed E-state index contributed by atoms with van der Waals surface area (Å²) < 4.78 is 8.08. The van der Waals surface area contributed by atoms with Crippen LogP contribution in [-0.4, -0.2) is 17.6 Å². The minimum atomic E-state index is -0.190. The van der Waals surface area contributed by atoms with Crippen molar-refractivity contribution < 1.29 is 9.53 Å². The molecule has 0 spiro atoms. The molecule has 4 nitrogen and oxygen atoms in total. The number of methoxy groups -OCH3 is 1. The number of aromatic nitrogens is 1. The Morgan fingerprint density at radius 1 is 1.43 bits per heavy atom. The number of nitrogens with one attached hydrogen (secondary N) is 1. The van der Waals surface area contributed by atoms with Gasteiger partial charge < -0.3 is 14.6 Å². The van der Waals surface area contributed by atoms with Crippen LogP contribution >= 0.6 is 27.5 Å². The number of benzene rings is 1. The molecule has 1 aromatic heterocycles. The molecule has 0 saturated heterocycles. The van der Waals surface area contributed by atoms with E-state index >= 15 is 0 Å². The van der Waals surface area contributed by atoms with Gasteiger partial charge in [-0.15, -0.1) is 0 Å². The number of hydrogen-bond donors (Lipinski definition) is 1. The fraction of sp³-hybridized carbons (Fsp3) is 0.267. The number of anilines is 1. The molecular weight excluding hydrogens is 356 g/mol. The SMILES string of the molecule is COc1ccc(Br)cc1NC(=O)c1cc(Cl)cn1C1CC1. The largest absolute Gasteiger partial charge is 0.495 e. The maximum atomic E-state index is 12.5. The van der Waals surface area contributed by atoms with E-state index in [-0.39, 0.29) is 5.91 Å². The Labute approximate surface area is 136 Å². The molecule has 0 aliphatic heterocycles. The van der Waals surface area contributed by atoms with Gasteiger partial charge in [0.05, 0.1) is 17.8 Å². The number of halogens is 2. The highest BCUT2D eigenvalue weighted by atomic mass is 79.9. The minimum absolute atomic E-state index is 0.190. The number of ether oxygens (including phenoxy) is 1. The molecule has 1 amide bonds. The summed E-state index contributed by atoms with van der Waals surface area (Å²) in [6, 6.07) is 7.55. The van der Waals surface area contributed by atoms with Crippen LogP contribution in [0.1, 0.15) is 29.4 Å². The topological polar surface area (TPSA) is 43.3 Å². The predicted octanol–water partition coefficient (Wildman–Crippen LogP) is 4.50. The Hall–Kier alpha value is -1.46. The summed E-state index contributed by atoms with van der Waals surface area (Å²) in [6.45, 7) is 0. The summed E-state index contributed by atoms with van der Waals surface area (Å²) in [7, 11) is 1.57. The lowest BCUT2D eigenvalue weighted by Gasteiger charge is -2.12. The number of hydrogen-bond acceptors (Lipinski definition) is 2. The lowest BCUT2D eigenvalue weighted by atomic mass is 10.2. The molecule has 1 N–H and O–H groups in total. The second kappa shape index (κ2) is 5.73. The first kappa shape index (κ1) is 14.5. The van der Waals surface area contributed by atoms with Gasteiger partial charge in [-0.25, -0.2) is 0 Å². The third kappa shape index (κ3) is 3.09. The molecule has 0 unspecified atom stereocenters. The summed E-state index contributed by atoms with van der Waals surface area (Å²) in [5.74, 6) is 0.423. The van der Waals surface area contributed by atoms with Gasteiger partial charge in [-0.05, 0) is 37.1 Å². The van der Waals surface area contributed by atoms with E-state index in [0.717, 1.165) is 17.3 Å². The molecule has 3 rings (SSSR count). The molecule has 0 bridgehead atoms. The number of amides is 1. The van der Waals surface area contributed by atoms with E-state index < -0.39 is 0 Å². The lowest BCUT2D eigenvalue weighted by Crippen LogP contribution is -2.16. The smallest absolute Gasteiger partial charge is 0.272 e. The van der Waals surface area contributed by atoms with E-state index in [9.17, 15) is 4.79 Å². The van der Waals surface area contributed by atoms with Crippen molar-refractivity contribution in [1.82, 2.24) is 4.57 Å². The number of carbonyl (C=O) groups excluding carboxylic acids is 1. The average Bonchev–Trinajstić information content (AvgIpc) is 3.21. The van der Waals surface area contributed by atoms with Gasteiger partial charge in [0.25, 0.3) is 5.91 Å². The molecule has 1 fully saturated rings. The maximum absolute atomic E-state index is 12.5. The average molecular weight is 370 g/mol. The fourth-order valence-corrected chi connectivity index (χ4v) is 2.82. The van der Waals surface area contributed by atoms with Gasteiger partial charge >= 0.3 is 0 Å². The first-order chi connectivity index (χ1) is 10.1. The highest BCUT2D eigenvalue weighted by Crippen LogP contribution is 2.38. The minimum Gasteiger partial charge on any atom is -0.495 e. The molecule has 1 aliphatic carbocycles. The van der Waals surface area contributed by atoms with Gasteiger partial charge in [0.1, 0.15) is 11.4 Å². The third-order valence-corrected chi connectivity index (χ3v) is 4.10. The van der Waals surface area contributed by atoms with E-state index in [1.807, 2.05) is 22.9 Å². The van der Waals surface area contributed by atoms with Gasteiger partial charge in [-0.2, -0.15) is 0 Å². The summed E-state index contributed by atoms with van der Waals surface area (Å²) in [5.41, 5.74) is 1.20. The molecule has 6 heteroatoms. The van der Waals surface area contributed by atoms with Gasteiger partial charge in [0, 0.05) is 16.7 Å². The van der Waals surface area contributed by atoms with Crippen molar-refractivity contribution >= 4 is 39.1 Å². The van der Waals surface area contributed by atoms with E-state index in [1.165, 1.54) is 0 Å². The van der Waals surface area contributed by atoms with Crippen molar-refractivity contribution in [2.75, 3.05) is 12.4 Å². The van der Waals surface area contributed by atoms with Crippen LogP contribution in [0, 0.1) is 0 Å². The van der Waals surface area contributed by atoms with Crippen molar-refractivity contribution in [3.05, 3.63) is 45.7 Å². The summed E-state index contributed by atoms with van der Waals surface area (Å²) in [4.78, 5) is 12.5. The maximum Gasteiger partial charge on any atom is 0.272 e. The molecule has 2 aromatic rings. The zero-order valence-electron chi connectivity index (χ0n) is 11.4. The highest BCUT2D eigenvalue weighted by molar-refractivity contribution is 9.10. The van der Waals surface area contributed by atoms with Crippen LogP contribution in [-0.2, 0) is 0 Å². The van der Waals surface area contributed by atoms with Crippen molar-refractivity contribution in [3.63, 3.8) is 0 Å². The molecule has 21 heavy (non-hydrogen) atoms. The van der Waals surface area contributed by atoms with E-state index in [0.29, 0.717) is 28.2 Å². The molecule has 1 aromatic carbocycles.